The first-order valence-corrected chi connectivity index (χ1v) is 12.9. The number of unbranched alkanes of at least 4 members (excludes halogenated alkanes) is 8. The van der Waals surface area contributed by atoms with Gasteiger partial charge in [0.2, 0.25) is 0 Å². The lowest BCUT2D eigenvalue weighted by atomic mass is 9.86. The van der Waals surface area contributed by atoms with Crippen molar-refractivity contribution in [3.05, 3.63) is 0 Å². The predicted octanol–water partition coefficient (Wildman–Crippen LogP) is 10.2. The maximum absolute atomic E-state index is 13.9. The van der Waals surface area contributed by atoms with Crippen LogP contribution in [-0.4, -0.2) is 71.1 Å². The Morgan fingerprint density at radius 3 is 1.02 bits per heavy atom. The number of rotatable bonds is 20. The van der Waals surface area contributed by atoms with E-state index in [4.69, 9.17) is 0 Å². The van der Waals surface area contributed by atoms with Crippen LogP contribution in [0.1, 0.15) is 64.7 Å². The van der Waals surface area contributed by atoms with E-state index in [1.165, 1.54) is 0 Å². The molecule has 0 aromatic heterocycles. The van der Waals surface area contributed by atoms with Crippen LogP contribution < -0.4 is 5.32 Å². The van der Waals surface area contributed by atoms with E-state index in [9.17, 15) is 92.6 Å². The summed E-state index contributed by atoms with van der Waals surface area (Å²) in [5.74, 6) is -80.8. The van der Waals surface area contributed by atoms with E-state index in [0.717, 1.165) is 31.0 Å². The fourth-order valence-corrected chi connectivity index (χ4v) is 3.57. The molecule has 0 atom stereocenters. The van der Waals surface area contributed by atoms with Crippen LogP contribution >= 0.6 is 11.6 Å². The molecule has 0 aliphatic carbocycles. The lowest BCUT2D eigenvalue weighted by Gasteiger charge is -2.44. The molecule has 0 saturated heterocycles. The summed E-state index contributed by atoms with van der Waals surface area (Å²) in [6, 6.07) is 0. The SMILES string of the molecule is CCCCCCCCCCCNC(=O)C(F)(F)C(F)(F)C(F)(F)C(F)(F)C(F)(F)C(F)(F)C(F)(F)C(F)(F)C(F)(F)C(F)(F)Cl. The van der Waals surface area contributed by atoms with Crippen molar-refractivity contribution in [2.24, 2.45) is 0 Å². The molecular formula is C22H24ClF20NO. The van der Waals surface area contributed by atoms with Crippen molar-refractivity contribution in [2.45, 2.75) is 123 Å². The second-order valence-corrected chi connectivity index (χ2v) is 10.2. The monoisotopic (exact) mass is 733 g/mol. The molecule has 0 heterocycles. The standard InChI is InChI=1S/C22H24ClF20NO/c1-2-3-4-5-6-7-8-9-10-11-44-12(45)13(24,25)14(26,27)15(28,29)16(30,31)17(32,33)18(34,35)19(36,37)20(38,39)21(40,41)22(23,42)43/h2-11H2,1H3,(H,44,45). The molecule has 2 nitrogen and oxygen atoms in total. The number of alkyl halides is 21. The second-order valence-electron chi connectivity index (χ2n) is 9.75. The first-order valence-electron chi connectivity index (χ1n) is 12.5. The van der Waals surface area contributed by atoms with Gasteiger partial charge in [-0.15, -0.1) is 0 Å². The summed E-state index contributed by atoms with van der Waals surface area (Å²) in [7, 11) is 0. The van der Waals surface area contributed by atoms with E-state index in [-0.39, 0.29) is 12.8 Å². The number of hydrogen-bond acceptors (Lipinski definition) is 1. The Hall–Kier alpha value is -1.64. The fourth-order valence-electron chi connectivity index (χ4n) is 3.45. The molecular weight excluding hydrogens is 710 g/mol. The molecule has 23 heteroatoms. The first kappa shape index (κ1) is 43.4. The largest absolute Gasteiger partial charge is 0.393 e. The van der Waals surface area contributed by atoms with E-state index < -0.39 is 71.1 Å². The van der Waals surface area contributed by atoms with Crippen LogP contribution in [0.5, 0.6) is 0 Å². The van der Waals surface area contributed by atoms with Crippen molar-refractivity contribution in [3.63, 3.8) is 0 Å². The van der Waals surface area contributed by atoms with E-state index >= 15 is 0 Å². The summed E-state index contributed by atoms with van der Waals surface area (Å²) in [5.41, 5.74) is 0. The average Bonchev–Trinajstić information content (AvgIpc) is 2.87. The molecule has 0 saturated carbocycles. The Labute approximate surface area is 246 Å². The van der Waals surface area contributed by atoms with Gasteiger partial charge >= 0.3 is 58.7 Å². The van der Waals surface area contributed by atoms with Crippen LogP contribution in [0, 0.1) is 0 Å². The molecule has 1 amide bonds. The molecule has 0 aromatic rings. The summed E-state index contributed by atoms with van der Waals surface area (Å²) in [6.07, 6.45) is 4.93. The van der Waals surface area contributed by atoms with E-state index in [2.05, 4.69) is 11.6 Å². The van der Waals surface area contributed by atoms with E-state index in [0.29, 0.717) is 19.3 Å². The van der Waals surface area contributed by atoms with Gasteiger partial charge in [-0.2, -0.15) is 87.8 Å². The van der Waals surface area contributed by atoms with Crippen molar-refractivity contribution in [1.82, 2.24) is 5.32 Å². The zero-order valence-electron chi connectivity index (χ0n) is 22.4. The lowest BCUT2D eigenvalue weighted by molar-refractivity contribution is -0.464. The highest BCUT2D eigenvalue weighted by Gasteiger charge is 2.98. The quantitative estimate of drug-likeness (QED) is 0.0754. The van der Waals surface area contributed by atoms with E-state index in [1.54, 1.807) is 0 Å². The van der Waals surface area contributed by atoms with Gasteiger partial charge in [0.15, 0.2) is 0 Å². The van der Waals surface area contributed by atoms with Gasteiger partial charge in [-0.1, -0.05) is 58.3 Å². The van der Waals surface area contributed by atoms with Gasteiger partial charge < -0.3 is 5.32 Å². The molecule has 1 N–H and O–H groups in total. The lowest BCUT2D eigenvalue weighted by Crippen LogP contribution is -2.77. The van der Waals surface area contributed by atoms with Gasteiger partial charge in [-0.05, 0) is 18.0 Å². The molecule has 0 radical (unpaired) electrons. The van der Waals surface area contributed by atoms with Crippen molar-refractivity contribution in [1.29, 1.82) is 0 Å². The van der Waals surface area contributed by atoms with Gasteiger partial charge in [-0.3, -0.25) is 4.79 Å². The first-order chi connectivity index (χ1) is 19.7. The van der Waals surface area contributed by atoms with Crippen LogP contribution in [0.3, 0.4) is 0 Å². The zero-order valence-corrected chi connectivity index (χ0v) is 23.2. The van der Waals surface area contributed by atoms with Gasteiger partial charge in [0.1, 0.15) is 0 Å². The summed E-state index contributed by atoms with van der Waals surface area (Å²) in [4.78, 5) is 11.4. The number of halogens is 21. The molecule has 0 bridgehead atoms. The minimum atomic E-state index is -9.15. The smallest absolute Gasteiger partial charge is 0.351 e. The summed E-state index contributed by atoms with van der Waals surface area (Å²) < 4.78 is 271. The Kier molecular flexibility index (Phi) is 13.3. The van der Waals surface area contributed by atoms with E-state index in [1.807, 2.05) is 6.92 Å². The third-order valence-corrected chi connectivity index (χ3v) is 6.60. The molecule has 0 aliphatic heterocycles. The fraction of sp³-hybridized carbons (Fsp3) is 0.955. The Morgan fingerprint density at radius 2 is 0.711 bits per heavy atom. The van der Waals surface area contributed by atoms with Gasteiger partial charge in [-0.25, -0.2) is 0 Å². The highest BCUT2D eigenvalue weighted by atomic mass is 35.5. The third-order valence-electron chi connectivity index (χ3n) is 6.36. The topological polar surface area (TPSA) is 29.1 Å². The predicted molar refractivity (Wildman–Crippen MR) is 116 cm³/mol. The minimum Gasteiger partial charge on any atom is -0.351 e. The molecule has 0 fully saturated rings. The number of nitrogens with one attached hydrogen (secondary N) is 1. The van der Waals surface area contributed by atoms with Crippen molar-refractivity contribution in [3.8, 4) is 0 Å². The van der Waals surface area contributed by atoms with Crippen LogP contribution in [0.15, 0.2) is 0 Å². The minimum absolute atomic E-state index is 0.0824. The van der Waals surface area contributed by atoms with Crippen molar-refractivity contribution >= 4 is 17.5 Å². The highest BCUT2D eigenvalue weighted by molar-refractivity contribution is 6.22. The van der Waals surface area contributed by atoms with Crippen molar-refractivity contribution in [2.75, 3.05) is 6.54 Å². The maximum Gasteiger partial charge on any atom is 0.393 e. The molecule has 0 rings (SSSR count). The van der Waals surface area contributed by atoms with Crippen LogP contribution in [0.4, 0.5) is 87.8 Å². The summed E-state index contributed by atoms with van der Waals surface area (Å²) >= 11 is 3.35. The van der Waals surface area contributed by atoms with Gasteiger partial charge in [0, 0.05) is 6.54 Å². The highest BCUT2D eigenvalue weighted by Crippen LogP contribution is 2.66. The molecule has 0 aliphatic rings. The molecule has 0 aromatic carbocycles. The van der Waals surface area contributed by atoms with Gasteiger partial charge in [0.25, 0.3) is 5.91 Å². The number of hydrogen-bond donors (Lipinski definition) is 1. The Morgan fingerprint density at radius 1 is 0.444 bits per heavy atom. The summed E-state index contributed by atoms with van der Waals surface area (Å²) in [5, 5.41) is -6.21. The maximum atomic E-state index is 13.9. The molecule has 0 unspecified atom stereocenters. The number of carbonyl (C=O) groups excluding carboxylic acids is 1. The summed E-state index contributed by atoms with van der Waals surface area (Å²) in [6.45, 7) is 0.876. The molecule has 0 spiro atoms. The van der Waals surface area contributed by atoms with Crippen LogP contribution in [0.2, 0.25) is 0 Å². The average molecular weight is 734 g/mol. The van der Waals surface area contributed by atoms with Crippen LogP contribution in [0.25, 0.3) is 0 Å². The molecule has 45 heavy (non-hydrogen) atoms. The van der Waals surface area contributed by atoms with Crippen LogP contribution in [-0.2, 0) is 4.79 Å². The van der Waals surface area contributed by atoms with Gasteiger partial charge in [0.05, 0.1) is 0 Å². The molecule has 270 valence electrons. The zero-order chi connectivity index (χ0) is 36.4. The third kappa shape index (κ3) is 7.28. The Balaban J connectivity index is 6.14. The van der Waals surface area contributed by atoms with Crippen molar-refractivity contribution < 1.29 is 92.6 Å². The number of amides is 1. The second kappa shape index (κ2) is 13.8. The number of carbonyl (C=O) groups is 1. The Bertz CT molecular complexity index is 978. The normalized spacial score (nSPS) is 15.4.